The molecule has 0 bridgehead atoms. The Balaban J connectivity index is 1.16. The predicted molar refractivity (Wildman–Crippen MR) is 162 cm³/mol. The highest BCUT2D eigenvalue weighted by Crippen LogP contribution is 2.26. The Kier molecular flexibility index (Phi) is 9.22. The molecule has 1 unspecified atom stereocenters. The summed E-state index contributed by atoms with van der Waals surface area (Å²) < 4.78 is 5.87. The molecule has 5 N–H and O–H groups in total. The van der Waals surface area contributed by atoms with Crippen LogP contribution in [0.2, 0.25) is 0 Å². The van der Waals surface area contributed by atoms with Gasteiger partial charge >= 0.3 is 0 Å². The molecule has 2 aliphatic rings. The van der Waals surface area contributed by atoms with Crippen LogP contribution in [-0.4, -0.2) is 83.2 Å². The minimum atomic E-state index is -0.00722. The van der Waals surface area contributed by atoms with Crippen LogP contribution in [0.4, 0.5) is 11.6 Å². The molecule has 10 heteroatoms. The summed E-state index contributed by atoms with van der Waals surface area (Å²) >= 11 is 0. The second kappa shape index (κ2) is 13.4. The Morgan fingerprint density at radius 2 is 1.73 bits per heavy atom. The number of aromatic nitrogens is 2. The molecular formula is C31H38N8O2. The van der Waals surface area contributed by atoms with Crippen LogP contribution in [0.5, 0.6) is 11.5 Å². The molecule has 3 aromatic rings. The summed E-state index contributed by atoms with van der Waals surface area (Å²) in [5.74, 6) is 2.14. The van der Waals surface area contributed by atoms with E-state index in [1.807, 2.05) is 65.6 Å². The number of anilines is 2. The number of hydrogen-bond donors (Lipinski definition) is 4. The van der Waals surface area contributed by atoms with Crippen molar-refractivity contribution >= 4 is 23.3 Å². The fraction of sp³-hybridized carbons (Fsp3) is 0.355. The molecule has 1 aromatic heterocycles. The zero-order valence-electron chi connectivity index (χ0n) is 23.4. The van der Waals surface area contributed by atoms with Crippen LogP contribution in [0, 0.1) is 5.41 Å². The highest BCUT2D eigenvalue weighted by molar-refractivity contribution is 6.16. The SMILES string of the molecule is CN1CCC(NC/C=C/C(=O)N2CCC(Nc3ncnc(N)c3C(=N)c3ccc(Oc4ccccc4)cc3)C2)CC1. The summed E-state index contributed by atoms with van der Waals surface area (Å²) in [5, 5.41) is 15.8. The Hall–Kier alpha value is -4.28. The van der Waals surface area contributed by atoms with Gasteiger partial charge < -0.3 is 30.9 Å². The van der Waals surface area contributed by atoms with E-state index in [4.69, 9.17) is 15.9 Å². The molecule has 214 valence electrons. The van der Waals surface area contributed by atoms with Crippen LogP contribution >= 0.6 is 0 Å². The highest BCUT2D eigenvalue weighted by atomic mass is 16.5. The Bertz CT molecular complexity index is 1350. The first kappa shape index (κ1) is 28.3. The zero-order valence-corrected chi connectivity index (χ0v) is 23.4. The summed E-state index contributed by atoms with van der Waals surface area (Å²) in [6, 6.07) is 17.3. The van der Waals surface area contributed by atoms with Crippen molar-refractivity contribution in [3.63, 3.8) is 0 Å². The van der Waals surface area contributed by atoms with Crippen molar-refractivity contribution < 1.29 is 9.53 Å². The van der Waals surface area contributed by atoms with Crippen LogP contribution in [-0.2, 0) is 4.79 Å². The van der Waals surface area contributed by atoms with Crippen molar-refractivity contribution in [2.24, 2.45) is 0 Å². The monoisotopic (exact) mass is 554 g/mol. The third-order valence-corrected chi connectivity index (χ3v) is 7.59. The second-order valence-electron chi connectivity index (χ2n) is 10.6. The van der Waals surface area contributed by atoms with Gasteiger partial charge in [-0.15, -0.1) is 0 Å². The molecule has 0 aliphatic carbocycles. The Morgan fingerprint density at radius 3 is 2.49 bits per heavy atom. The van der Waals surface area contributed by atoms with Crippen LogP contribution in [0.3, 0.4) is 0 Å². The topological polar surface area (TPSA) is 132 Å². The first-order valence-corrected chi connectivity index (χ1v) is 14.1. The summed E-state index contributed by atoms with van der Waals surface area (Å²) in [4.78, 5) is 25.5. The average molecular weight is 555 g/mol. The normalized spacial score (nSPS) is 18.1. The minimum absolute atomic E-state index is 0.00690. The molecular weight excluding hydrogens is 516 g/mol. The van der Waals surface area contributed by atoms with Gasteiger partial charge in [0.15, 0.2) is 0 Å². The van der Waals surface area contributed by atoms with E-state index in [0.717, 1.165) is 38.1 Å². The number of nitrogen functional groups attached to an aromatic ring is 1. The molecule has 2 saturated heterocycles. The van der Waals surface area contributed by atoms with Crippen molar-refractivity contribution in [2.75, 3.05) is 50.8 Å². The van der Waals surface area contributed by atoms with Gasteiger partial charge in [0, 0.05) is 43.4 Å². The van der Waals surface area contributed by atoms with E-state index in [0.29, 0.717) is 48.4 Å². The van der Waals surface area contributed by atoms with E-state index < -0.39 is 0 Å². The maximum Gasteiger partial charge on any atom is 0.246 e. The van der Waals surface area contributed by atoms with Gasteiger partial charge in [-0.05, 0) is 75.8 Å². The van der Waals surface area contributed by atoms with Gasteiger partial charge in [-0.2, -0.15) is 0 Å². The minimum Gasteiger partial charge on any atom is -0.457 e. The molecule has 2 aromatic carbocycles. The average Bonchev–Trinajstić information content (AvgIpc) is 3.45. The number of nitrogens with two attached hydrogens (primary N) is 1. The molecule has 2 fully saturated rings. The fourth-order valence-electron chi connectivity index (χ4n) is 5.20. The van der Waals surface area contributed by atoms with Crippen LogP contribution in [0.25, 0.3) is 0 Å². The Labute approximate surface area is 241 Å². The van der Waals surface area contributed by atoms with E-state index in [2.05, 4.69) is 32.5 Å². The largest absolute Gasteiger partial charge is 0.457 e. The Morgan fingerprint density at radius 1 is 1.02 bits per heavy atom. The molecule has 41 heavy (non-hydrogen) atoms. The lowest BCUT2D eigenvalue weighted by molar-refractivity contribution is -0.125. The lowest BCUT2D eigenvalue weighted by Crippen LogP contribution is -2.40. The predicted octanol–water partition coefficient (Wildman–Crippen LogP) is 3.52. The number of ether oxygens (including phenoxy) is 1. The van der Waals surface area contributed by atoms with Gasteiger partial charge in [0.25, 0.3) is 0 Å². The molecule has 1 amide bonds. The maximum atomic E-state index is 12.8. The number of likely N-dealkylation sites (tertiary alicyclic amines) is 2. The number of piperidine rings is 1. The number of benzene rings is 2. The lowest BCUT2D eigenvalue weighted by atomic mass is 10.0. The lowest BCUT2D eigenvalue weighted by Gasteiger charge is -2.29. The van der Waals surface area contributed by atoms with Crippen molar-refractivity contribution in [2.45, 2.75) is 31.3 Å². The number of amides is 1. The van der Waals surface area contributed by atoms with Gasteiger partial charge in [0.2, 0.25) is 5.91 Å². The van der Waals surface area contributed by atoms with Crippen molar-refractivity contribution in [1.29, 1.82) is 5.41 Å². The number of nitrogens with one attached hydrogen (secondary N) is 3. The van der Waals surface area contributed by atoms with Crippen LogP contribution in [0.15, 0.2) is 73.1 Å². The number of nitrogens with zero attached hydrogens (tertiary/aromatic N) is 4. The van der Waals surface area contributed by atoms with Gasteiger partial charge in [-0.3, -0.25) is 10.2 Å². The van der Waals surface area contributed by atoms with E-state index in [1.54, 1.807) is 6.08 Å². The van der Waals surface area contributed by atoms with E-state index in [1.165, 1.54) is 6.33 Å². The standard InChI is InChI=1S/C31H38N8O2/c1-38-17-13-23(14-18-38)34-16-5-8-27(40)39-19-15-24(20-39)37-31-28(30(33)35-21-36-31)29(32)22-9-11-26(12-10-22)41-25-6-3-2-4-7-25/h2-12,21,23-24,32,34H,13-20H2,1H3,(H3,33,35,36,37)/b8-5+,32-29?. The van der Waals surface area contributed by atoms with Gasteiger partial charge in [-0.1, -0.05) is 24.3 Å². The zero-order chi connectivity index (χ0) is 28.6. The van der Waals surface area contributed by atoms with E-state index in [-0.39, 0.29) is 23.5 Å². The number of carbonyl (C=O) groups excluding carboxylic acids is 1. The summed E-state index contributed by atoms with van der Waals surface area (Å²) in [6.07, 6.45) is 8.03. The number of para-hydroxylation sites is 1. The molecule has 0 spiro atoms. The third kappa shape index (κ3) is 7.47. The smallest absolute Gasteiger partial charge is 0.246 e. The highest BCUT2D eigenvalue weighted by Gasteiger charge is 2.27. The van der Waals surface area contributed by atoms with Crippen molar-refractivity contribution in [1.82, 2.24) is 25.1 Å². The van der Waals surface area contributed by atoms with Gasteiger partial charge in [-0.25, -0.2) is 9.97 Å². The maximum absolute atomic E-state index is 12.8. The van der Waals surface area contributed by atoms with Crippen LogP contribution in [0.1, 0.15) is 30.4 Å². The van der Waals surface area contributed by atoms with Crippen molar-refractivity contribution in [3.8, 4) is 11.5 Å². The van der Waals surface area contributed by atoms with Crippen LogP contribution < -0.4 is 21.1 Å². The number of hydrogen-bond acceptors (Lipinski definition) is 9. The number of carbonyl (C=O) groups is 1. The molecule has 0 saturated carbocycles. The molecule has 5 rings (SSSR count). The van der Waals surface area contributed by atoms with E-state index >= 15 is 0 Å². The first-order chi connectivity index (χ1) is 20.0. The van der Waals surface area contributed by atoms with Gasteiger partial charge in [0.1, 0.15) is 29.5 Å². The molecule has 1 atom stereocenters. The molecule has 3 heterocycles. The summed E-state index contributed by atoms with van der Waals surface area (Å²) in [7, 11) is 2.15. The fourth-order valence-corrected chi connectivity index (χ4v) is 5.20. The summed E-state index contributed by atoms with van der Waals surface area (Å²) in [5.41, 5.74) is 7.55. The number of rotatable bonds is 10. The third-order valence-electron chi connectivity index (χ3n) is 7.59. The molecule has 10 nitrogen and oxygen atoms in total. The molecule has 0 radical (unpaired) electrons. The summed E-state index contributed by atoms with van der Waals surface area (Å²) in [6.45, 7) is 4.11. The van der Waals surface area contributed by atoms with Gasteiger partial charge in [0.05, 0.1) is 11.3 Å². The quantitative estimate of drug-likeness (QED) is 0.221. The first-order valence-electron chi connectivity index (χ1n) is 14.1. The molecule has 2 aliphatic heterocycles. The second-order valence-corrected chi connectivity index (χ2v) is 10.6. The van der Waals surface area contributed by atoms with E-state index in [9.17, 15) is 4.79 Å². The van der Waals surface area contributed by atoms with Crippen molar-refractivity contribution in [3.05, 3.63) is 84.2 Å².